The van der Waals surface area contributed by atoms with Crippen molar-refractivity contribution in [2.75, 3.05) is 32.8 Å². The van der Waals surface area contributed by atoms with E-state index in [4.69, 9.17) is 9.26 Å². The van der Waals surface area contributed by atoms with E-state index in [9.17, 15) is 0 Å². The predicted octanol–water partition coefficient (Wildman–Crippen LogP) is 2.43. The van der Waals surface area contributed by atoms with Crippen LogP contribution in [0, 0.1) is 13.8 Å². The molecule has 0 saturated heterocycles. The van der Waals surface area contributed by atoms with Crippen molar-refractivity contribution in [3.63, 3.8) is 0 Å². The maximum absolute atomic E-state index is 5.30. The van der Waals surface area contributed by atoms with Crippen molar-refractivity contribution in [3.8, 4) is 0 Å². The molecule has 0 fully saturated rings. The molecule has 1 aromatic rings. The first-order valence-electron chi connectivity index (χ1n) is 7.70. The molecule has 22 heavy (non-hydrogen) atoms. The van der Waals surface area contributed by atoms with Gasteiger partial charge < -0.3 is 19.9 Å². The summed E-state index contributed by atoms with van der Waals surface area (Å²) in [6, 6.07) is 0. The van der Waals surface area contributed by atoms with E-state index in [0.717, 1.165) is 63.1 Å². The van der Waals surface area contributed by atoms with E-state index in [1.54, 1.807) is 0 Å². The Morgan fingerprint density at radius 2 is 2.05 bits per heavy atom. The summed E-state index contributed by atoms with van der Waals surface area (Å²) in [6.07, 6.45) is 1.82. The number of hydrogen-bond donors (Lipinski definition) is 2. The largest absolute Gasteiger partial charge is 0.382 e. The van der Waals surface area contributed by atoms with E-state index in [2.05, 4.69) is 27.7 Å². The number of aliphatic imine (C=N–C) groups is 1. The molecule has 0 bridgehead atoms. The molecular weight excluding hydrogens is 395 g/mol. The first-order valence-corrected chi connectivity index (χ1v) is 7.70. The van der Waals surface area contributed by atoms with Crippen LogP contribution in [0.25, 0.3) is 0 Å². The third kappa shape index (κ3) is 7.98. The van der Waals surface area contributed by atoms with E-state index in [-0.39, 0.29) is 24.0 Å². The highest BCUT2D eigenvalue weighted by molar-refractivity contribution is 14.0. The first-order chi connectivity index (χ1) is 10.2. The van der Waals surface area contributed by atoms with Gasteiger partial charge in [-0.15, -0.1) is 24.0 Å². The van der Waals surface area contributed by atoms with Gasteiger partial charge in [0.2, 0.25) is 0 Å². The van der Waals surface area contributed by atoms with Gasteiger partial charge in [0.1, 0.15) is 5.76 Å². The maximum Gasteiger partial charge on any atom is 0.191 e. The minimum Gasteiger partial charge on any atom is -0.382 e. The Bertz CT molecular complexity index is 416. The smallest absolute Gasteiger partial charge is 0.191 e. The van der Waals surface area contributed by atoms with Gasteiger partial charge in [0.15, 0.2) is 5.96 Å². The third-order valence-corrected chi connectivity index (χ3v) is 3.11. The number of ether oxygens (including phenoxy) is 1. The molecule has 1 rings (SSSR count). The summed E-state index contributed by atoms with van der Waals surface area (Å²) in [5, 5.41) is 10.5. The lowest BCUT2D eigenvalue weighted by Crippen LogP contribution is -2.38. The Kier molecular flexibility index (Phi) is 12.2. The van der Waals surface area contributed by atoms with Crippen LogP contribution in [0.4, 0.5) is 0 Å². The van der Waals surface area contributed by atoms with E-state index in [1.165, 1.54) is 5.56 Å². The number of aromatic nitrogens is 1. The summed E-state index contributed by atoms with van der Waals surface area (Å²) in [7, 11) is 0. The second kappa shape index (κ2) is 12.7. The molecule has 0 radical (unpaired) electrons. The third-order valence-electron chi connectivity index (χ3n) is 3.11. The normalized spacial score (nSPS) is 11.2. The summed E-state index contributed by atoms with van der Waals surface area (Å²) in [5.74, 6) is 1.74. The summed E-state index contributed by atoms with van der Waals surface area (Å²) in [4.78, 5) is 4.52. The highest BCUT2D eigenvalue weighted by Crippen LogP contribution is 2.11. The Morgan fingerprint density at radius 3 is 2.64 bits per heavy atom. The fourth-order valence-corrected chi connectivity index (χ4v) is 2.01. The number of guanidine groups is 1. The maximum atomic E-state index is 5.30. The van der Waals surface area contributed by atoms with Gasteiger partial charge in [-0.1, -0.05) is 5.16 Å². The number of nitrogens with zero attached hydrogens (tertiary/aromatic N) is 2. The molecule has 0 aliphatic carbocycles. The van der Waals surface area contributed by atoms with Crippen molar-refractivity contribution in [1.29, 1.82) is 0 Å². The first kappa shape index (κ1) is 21.2. The lowest BCUT2D eigenvalue weighted by atomic mass is 10.1. The van der Waals surface area contributed by atoms with Crippen molar-refractivity contribution in [2.45, 2.75) is 40.5 Å². The number of hydrogen-bond acceptors (Lipinski definition) is 4. The molecule has 1 heterocycles. The van der Waals surface area contributed by atoms with Gasteiger partial charge >= 0.3 is 0 Å². The minimum absolute atomic E-state index is 0. The van der Waals surface area contributed by atoms with E-state index in [1.807, 2.05) is 20.8 Å². The molecule has 0 saturated carbocycles. The average molecular weight is 424 g/mol. The van der Waals surface area contributed by atoms with Gasteiger partial charge in [0, 0.05) is 38.4 Å². The second-order valence-electron chi connectivity index (χ2n) is 4.79. The molecule has 7 heteroatoms. The molecule has 0 atom stereocenters. The summed E-state index contributed by atoms with van der Waals surface area (Å²) < 4.78 is 10.5. The zero-order chi connectivity index (χ0) is 15.5. The van der Waals surface area contributed by atoms with Crippen molar-refractivity contribution >= 4 is 29.9 Å². The number of nitrogens with one attached hydrogen (secondary N) is 2. The van der Waals surface area contributed by atoms with Gasteiger partial charge in [-0.25, -0.2) is 0 Å². The summed E-state index contributed by atoms with van der Waals surface area (Å²) >= 11 is 0. The zero-order valence-corrected chi connectivity index (χ0v) is 16.4. The minimum atomic E-state index is 0. The molecule has 128 valence electrons. The molecular formula is C15H29IN4O2. The molecule has 6 nitrogen and oxygen atoms in total. The van der Waals surface area contributed by atoms with Crippen molar-refractivity contribution in [2.24, 2.45) is 4.99 Å². The fourth-order valence-electron chi connectivity index (χ4n) is 2.01. The van der Waals surface area contributed by atoms with Crippen LogP contribution in [-0.2, 0) is 11.2 Å². The van der Waals surface area contributed by atoms with Crippen molar-refractivity contribution in [3.05, 3.63) is 17.0 Å². The fraction of sp³-hybridized carbons (Fsp3) is 0.733. The van der Waals surface area contributed by atoms with E-state index >= 15 is 0 Å². The van der Waals surface area contributed by atoms with Gasteiger partial charge in [0.05, 0.1) is 5.69 Å². The van der Waals surface area contributed by atoms with Gasteiger partial charge in [-0.3, -0.25) is 4.99 Å². The zero-order valence-electron chi connectivity index (χ0n) is 14.1. The van der Waals surface area contributed by atoms with Crippen LogP contribution >= 0.6 is 24.0 Å². The Labute approximate surface area is 150 Å². The molecule has 0 spiro atoms. The standard InChI is InChI=1S/C15H28N4O2.HI/c1-5-16-15(17-9-7-11-20-6-2)18-10-8-14-12(3)19-21-13(14)4;/h5-11H2,1-4H3,(H2,16,17,18);1H. The van der Waals surface area contributed by atoms with E-state index < -0.39 is 0 Å². The van der Waals surface area contributed by atoms with Crippen LogP contribution < -0.4 is 10.6 Å². The molecule has 0 aliphatic rings. The second-order valence-corrected chi connectivity index (χ2v) is 4.79. The van der Waals surface area contributed by atoms with Gasteiger partial charge in [-0.05, 0) is 40.5 Å². The van der Waals surface area contributed by atoms with Crippen LogP contribution in [0.3, 0.4) is 0 Å². The molecule has 0 amide bonds. The lowest BCUT2D eigenvalue weighted by molar-refractivity contribution is 0.146. The molecule has 0 unspecified atom stereocenters. The number of aryl methyl sites for hydroxylation is 2. The summed E-state index contributed by atoms with van der Waals surface area (Å²) in [5.41, 5.74) is 2.14. The van der Waals surface area contributed by atoms with Crippen LogP contribution in [-0.4, -0.2) is 44.0 Å². The molecule has 1 aromatic heterocycles. The van der Waals surface area contributed by atoms with Crippen molar-refractivity contribution < 1.29 is 9.26 Å². The van der Waals surface area contributed by atoms with Crippen LogP contribution in [0.2, 0.25) is 0 Å². The highest BCUT2D eigenvalue weighted by Gasteiger charge is 2.08. The Balaban J connectivity index is 0.00000441. The number of halogens is 1. The van der Waals surface area contributed by atoms with Gasteiger partial charge in [0.25, 0.3) is 0 Å². The molecule has 0 aromatic carbocycles. The lowest BCUT2D eigenvalue weighted by Gasteiger charge is -2.11. The molecule has 0 aliphatic heterocycles. The summed E-state index contributed by atoms with van der Waals surface area (Å²) in [6.45, 7) is 11.9. The highest BCUT2D eigenvalue weighted by atomic mass is 127. The predicted molar refractivity (Wildman–Crippen MR) is 100 cm³/mol. The Morgan fingerprint density at radius 1 is 1.27 bits per heavy atom. The quantitative estimate of drug-likeness (QED) is 0.276. The van der Waals surface area contributed by atoms with Crippen molar-refractivity contribution in [1.82, 2.24) is 15.8 Å². The average Bonchev–Trinajstić information content (AvgIpc) is 2.78. The monoisotopic (exact) mass is 424 g/mol. The Hall–Kier alpha value is -0.830. The topological polar surface area (TPSA) is 71.7 Å². The van der Waals surface area contributed by atoms with Crippen LogP contribution in [0.1, 0.15) is 37.3 Å². The van der Waals surface area contributed by atoms with Crippen LogP contribution in [0.5, 0.6) is 0 Å². The molecule has 2 N–H and O–H groups in total. The SMILES string of the molecule is CCNC(=NCCCOCC)NCCc1c(C)noc1C.I. The van der Waals surface area contributed by atoms with Crippen LogP contribution in [0.15, 0.2) is 9.52 Å². The van der Waals surface area contributed by atoms with E-state index in [0.29, 0.717) is 0 Å². The number of rotatable bonds is 9. The van der Waals surface area contributed by atoms with Gasteiger partial charge in [-0.2, -0.15) is 0 Å².